The lowest BCUT2D eigenvalue weighted by atomic mass is 10.2. The zero-order chi connectivity index (χ0) is 11.4. The van der Waals surface area contributed by atoms with Crippen molar-refractivity contribution in [3.05, 3.63) is 48.4 Å². The quantitative estimate of drug-likeness (QED) is 0.844. The molecule has 82 valence electrons. The highest BCUT2D eigenvalue weighted by Gasteiger charge is 2.02. The van der Waals surface area contributed by atoms with Gasteiger partial charge in [0.05, 0.1) is 0 Å². The third-order valence-electron chi connectivity index (χ3n) is 2.37. The summed E-state index contributed by atoms with van der Waals surface area (Å²) in [5.74, 6) is 0.541. The minimum Gasteiger partial charge on any atom is -0.384 e. The minimum absolute atomic E-state index is 0.541. The maximum atomic E-state index is 5.64. The molecule has 2 aromatic rings. The Bertz CT molecular complexity index is 456. The van der Waals surface area contributed by atoms with Crippen LogP contribution >= 0.6 is 0 Å². The average molecular weight is 214 g/mol. The number of pyridine rings is 2. The number of nitrogen functional groups attached to an aromatic ring is 1. The van der Waals surface area contributed by atoms with Crippen molar-refractivity contribution in [1.29, 1.82) is 0 Å². The van der Waals surface area contributed by atoms with Crippen LogP contribution in [0.4, 0.5) is 11.5 Å². The monoisotopic (exact) mass is 214 g/mol. The fraction of sp³-hybridized carbons (Fsp3) is 0.167. The van der Waals surface area contributed by atoms with Gasteiger partial charge in [0.15, 0.2) is 0 Å². The second-order valence-corrected chi connectivity index (χ2v) is 3.65. The molecule has 16 heavy (non-hydrogen) atoms. The summed E-state index contributed by atoms with van der Waals surface area (Å²) in [7, 11) is 2.02. The fourth-order valence-corrected chi connectivity index (χ4v) is 1.53. The molecule has 0 unspecified atom stereocenters. The van der Waals surface area contributed by atoms with Crippen LogP contribution in [-0.2, 0) is 6.54 Å². The van der Waals surface area contributed by atoms with Gasteiger partial charge in [-0.25, -0.2) is 4.98 Å². The van der Waals surface area contributed by atoms with Crippen molar-refractivity contribution < 1.29 is 0 Å². The first-order valence-electron chi connectivity index (χ1n) is 5.07. The molecular formula is C12H14N4. The molecule has 4 heteroatoms. The van der Waals surface area contributed by atoms with E-state index in [4.69, 9.17) is 5.73 Å². The fourth-order valence-electron chi connectivity index (χ4n) is 1.53. The summed E-state index contributed by atoms with van der Waals surface area (Å²) in [5.41, 5.74) is 7.92. The Morgan fingerprint density at radius 1 is 1.19 bits per heavy atom. The number of anilines is 2. The summed E-state index contributed by atoms with van der Waals surface area (Å²) in [6.45, 7) is 0.825. The second-order valence-electron chi connectivity index (χ2n) is 3.65. The van der Waals surface area contributed by atoms with Gasteiger partial charge in [-0.05, 0) is 23.8 Å². The number of nitrogens with two attached hydrogens (primary N) is 1. The molecule has 0 aliphatic carbocycles. The third-order valence-corrected chi connectivity index (χ3v) is 2.37. The molecule has 2 heterocycles. The Hall–Kier alpha value is -2.10. The highest BCUT2D eigenvalue weighted by Crippen LogP contribution is 2.16. The molecule has 0 fully saturated rings. The van der Waals surface area contributed by atoms with Gasteiger partial charge in [-0.3, -0.25) is 4.98 Å². The summed E-state index contributed by atoms with van der Waals surface area (Å²) in [4.78, 5) is 10.1. The van der Waals surface area contributed by atoms with Crippen LogP contribution in [0.5, 0.6) is 0 Å². The van der Waals surface area contributed by atoms with Crippen LogP contribution in [0.1, 0.15) is 5.56 Å². The molecule has 0 saturated heterocycles. The van der Waals surface area contributed by atoms with Crippen LogP contribution in [0.15, 0.2) is 42.9 Å². The van der Waals surface area contributed by atoms with Crippen molar-refractivity contribution in [3.8, 4) is 0 Å². The molecule has 0 radical (unpaired) electrons. The van der Waals surface area contributed by atoms with Crippen LogP contribution in [0.2, 0.25) is 0 Å². The van der Waals surface area contributed by atoms with Crippen LogP contribution in [0, 0.1) is 0 Å². The van der Waals surface area contributed by atoms with E-state index in [1.165, 1.54) is 5.56 Å². The predicted octanol–water partition coefficient (Wildman–Crippen LogP) is 1.70. The van der Waals surface area contributed by atoms with E-state index >= 15 is 0 Å². The molecule has 0 aliphatic rings. The van der Waals surface area contributed by atoms with Crippen molar-refractivity contribution in [2.24, 2.45) is 0 Å². The Balaban J connectivity index is 2.12. The van der Waals surface area contributed by atoms with E-state index in [1.807, 2.05) is 31.3 Å². The van der Waals surface area contributed by atoms with Gasteiger partial charge in [-0.15, -0.1) is 0 Å². The molecule has 0 amide bonds. The van der Waals surface area contributed by atoms with Crippen molar-refractivity contribution in [2.75, 3.05) is 17.7 Å². The van der Waals surface area contributed by atoms with Gasteiger partial charge in [0, 0.05) is 43.9 Å². The maximum absolute atomic E-state index is 5.64. The van der Waals surface area contributed by atoms with Crippen LogP contribution in [0.3, 0.4) is 0 Å². The number of hydrogen-bond donors (Lipinski definition) is 1. The third kappa shape index (κ3) is 2.48. The second kappa shape index (κ2) is 4.61. The Labute approximate surface area is 94.8 Å². The highest BCUT2D eigenvalue weighted by atomic mass is 15.1. The number of hydrogen-bond acceptors (Lipinski definition) is 4. The van der Waals surface area contributed by atoms with Gasteiger partial charge in [-0.1, -0.05) is 0 Å². The molecule has 0 saturated carbocycles. The highest BCUT2D eigenvalue weighted by molar-refractivity contribution is 5.51. The summed E-state index contributed by atoms with van der Waals surface area (Å²) >= 11 is 0. The predicted molar refractivity (Wildman–Crippen MR) is 65.0 cm³/mol. The van der Waals surface area contributed by atoms with Crippen molar-refractivity contribution in [2.45, 2.75) is 6.54 Å². The lowest BCUT2D eigenvalue weighted by Crippen LogP contribution is -2.16. The van der Waals surface area contributed by atoms with E-state index in [2.05, 4.69) is 14.9 Å². The van der Waals surface area contributed by atoms with Gasteiger partial charge in [0.25, 0.3) is 0 Å². The molecule has 2 rings (SSSR count). The molecule has 0 atom stereocenters. The normalized spacial score (nSPS) is 10.1. The van der Waals surface area contributed by atoms with E-state index < -0.39 is 0 Å². The number of nitrogens with zero attached hydrogens (tertiary/aromatic N) is 3. The lowest BCUT2D eigenvalue weighted by molar-refractivity contribution is 0.918. The zero-order valence-electron chi connectivity index (χ0n) is 9.17. The van der Waals surface area contributed by atoms with E-state index in [1.54, 1.807) is 18.6 Å². The summed E-state index contributed by atoms with van der Waals surface area (Å²) in [6, 6.07) is 7.81. The van der Waals surface area contributed by atoms with Crippen LogP contribution < -0.4 is 10.6 Å². The van der Waals surface area contributed by atoms with Gasteiger partial charge >= 0.3 is 0 Å². The zero-order valence-corrected chi connectivity index (χ0v) is 9.17. The first-order valence-corrected chi connectivity index (χ1v) is 5.07. The van der Waals surface area contributed by atoms with Crippen molar-refractivity contribution >= 4 is 11.5 Å². The van der Waals surface area contributed by atoms with Crippen LogP contribution in [0.25, 0.3) is 0 Å². The molecule has 0 bridgehead atoms. The van der Waals surface area contributed by atoms with Crippen molar-refractivity contribution in [3.63, 3.8) is 0 Å². The minimum atomic E-state index is 0.541. The lowest BCUT2D eigenvalue weighted by Gasteiger charge is -2.19. The molecule has 0 aliphatic heterocycles. The molecular weight excluding hydrogens is 200 g/mol. The molecule has 4 nitrogen and oxygen atoms in total. The van der Waals surface area contributed by atoms with E-state index in [9.17, 15) is 0 Å². The summed E-state index contributed by atoms with van der Waals surface area (Å²) < 4.78 is 0. The average Bonchev–Trinajstić information content (AvgIpc) is 2.30. The maximum Gasteiger partial charge on any atom is 0.125 e. The van der Waals surface area contributed by atoms with Crippen LogP contribution in [-0.4, -0.2) is 17.0 Å². The smallest absolute Gasteiger partial charge is 0.125 e. The largest absolute Gasteiger partial charge is 0.384 e. The molecule has 2 aromatic heterocycles. The summed E-state index contributed by atoms with van der Waals surface area (Å²) in [5, 5.41) is 0. The number of rotatable bonds is 3. The standard InChI is InChI=1S/C12H14N4/c1-16(9-10-2-5-14-6-3-10)11-4-7-15-12(13)8-11/h2-8H,9H2,1H3,(H2,13,15). The van der Waals surface area contributed by atoms with Gasteiger partial charge < -0.3 is 10.6 Å². The summed E-state index contributed by atoms with van der Waals surface area (Å²) in [6.07, 6.45) is 5.31. The first-order chi connectivity index (χ1) is 7.75. The molecule has 0 aromatic carbocycles. The number of aromatic nitrogens is 2. The van der Waals surface area contributed by atoms with E-state index in [0.717, 1.165) is 12.2 Å². The van der Waals surface area contributed by atoms with Gasteiger partial charge in [0.2, 0.25) is 0 Å². The first kappa shape index (κ1) is 10.4. The Morgan fingerprint density at radius 2 is 1.94 bits per heavy atom. The SMILES string of the molecule is CN(Cc1ccncc1)c1ccnc(N)c1. The van der Waals surface area contributed by atoms with Gasteiger partial charge in [-0.2, -0.15) is 0 Å². The van der Waals surface area contributed by atoms with E-state index in [0.29, 0.717) is 5.82 Å². The molecule has 2 N–H and O–H groups in total. The topological polar surface area (TPSA) is 55.0 Å². The Kier molecular flexibility index (Phi) is 3.00. The van der Waals surface area contributed by atoms with Gasteiger partial charge in [0.1, 0.15) is 5.82 Å². The van der Waals surface area contributed by atoms with Crippen molar-refractivity contribution in [1.82, 2.24) is 9.97 Å². The Morgan fingerprint density at radius 3 is 2.62 bits per heavy atom. The van der Waals surface area contributed by atoms with E-state index in [-0.39, 0.29) is 0 Å². The molecule has 0 spiro atoms.